The molecule has 0 aliphatic carbocycles. The number of aliphatic hydroxyl groups excluding tert-OH is 4. The van der Waals surface area contributed by atoms with Crippen LogP contribution in [0.1, 0.15) is 0 Å². The van der Waals surface area contributed by atoms with Crippen LogP contribution in [-0.4, -0.2) is 62.8 Å². The van der Waals surface area contributed by atoms with Crippen molar-refractivity contribution in [1.82, 2.24) is 0 Å². The number of rotatable bonds is 3. The molecule has 0 unspecified atom stereocenters. The van der Waals surface area contributed by atoms with Gasteiger partial charge in [-0.15, -0.1) is 0 Å². The summed E-state index contributed by atoms with van der Waals surface area (Å²) >= 11 is 0. The van der Waals surface area contributed by atoms with Crippen molar-refractivity contribution in [3.05, 3.63) is 24.3 Å². The summed E-state index contributed by atoms with van der Waals surface area (Å²) in [4.78, 5) is 0. The molecular formula is C12H16O7. The van der Waals surface area contributed by atoms with Crippen molar-refractivity contribution in [1.29, 1.82) is 0 Å². The van der Waals surface area contributed by atoms with E-state index in [9.17, 15) is 15.3 Å². The highest BCUT2D eigenvalue weighted by Crippen LogP contribution is 2.25. The number of aliphatic hydroxyl groups is 4. The maximum absolute atomic E-state index is 9.75. The fraction of sp³-hybridized carbons (Fsp3) is 0.500. The van der Waals surface area contributed by atoms with Gasteiger partial charge in [0.05, 0.1) is 6.61 Å². The van der Waals surface area contributed by atoms with E-state index in [0.717, 1.165) is 0 Å². The van der Waals surface area contributed by atoms with Crippen LogP contribution in [0.2, 0.25) is 0 Å². The molecule has 1 fully saturated rings. The van der Waals surface area contributed by atoms with Gasteiger partial charge in [-0.3, -0.25) is 0 Å². The molecule has 5 N–H and O–H groups in total. The van der Waals surface area contributed by atoms with Gasteiger partial charge in [-0.05, 0) is 24.3 Å². The van der Waals surface area contributed by atoms with Crippen LogP contribution >= 0.6 is 0 Å². The van der Waals surface area contributed by atoms with Crippen LogP contribution in [-0.2, 0) is 4.74 Å². The molecule has 106 valence electrons. The van der Waals surface area contributed by atoms with E-state index in [1.807, 2.05) is 0 Å². The van der Waals surface area contributed by atoms with E-state index in [-0.39, 0.29) is 5.75 Å². The maximum Gasteiger partial charge on any atom is 0.229 e. The number of ether oxygens (including phenoxy) is 2. The normalized spacial score (nSPS) is 35.1. The molecule has 19 heavy (non-hydrogen) atoms. The lowest BCUT2D eigenvalue weighted by Crippen LogP contribution is -2.60. The van der Waals surface area contributed by atoms with Gasteiger partial charge in [0.2, 0.25) is 6.29 Å². The van der Waals surface area contributed by atoms with Crippen LogP contribution < -0.4 is 4.74 Å². The molecule has 2 rings (SSSR count). The van der Waals surface area contributed by atoms with Crippen molar-refractivity contribution in [2.75, 3.05) is 6.61 Å². The fourth-order valence-electron chi connectivity index (χ4n) is 1.82. The van der Waals surface area contributed by atoms with Crippen molar-refractivity contribution < 1.29 is 35.0 Å². The molecule has 0 bridgehead atoms. The standard InChI is InChI=1S/C12H16O7/c13-5-8-9(15)10(16)11(17)12(19-8)18-7-3-1-6(14)2-4-7/h1-4,8-17H,5H2/t8-,9-,10+,11-,12-/m0/s1. The number of hydrogen-bond acceptors (Lipinski definition) is 7. The van der Waals surface area contributed by atoms with Gasteiger partial charge in [-0.2, -0.15) is 0 Å². The second kappa shape index (κ2) is 5.72. The van der Waals surface area contributed by atoms with Crippen molar-refractivity contribution in [3.8, 4) is 11.5 Å². The lowest BCUT2D eigenvalue weighted by molar-refractivity contribution is -0.277. The molecule has 1 aliphatic rings. The molecule has 1 aliphatic heterocycles. The molecule has 1 aromatic carbocycles. The summed E-state index contributed by atoms with van der Waals surface area (Å²) in [6, 6.07) is 5.69. The van der Waals surface area contributed by atoms with Gasteiger partial charge < -0.3 is 35.0 Å². The Labute approximate surface area is 109 Å². The summed E-state index contributed by atoms with van der Waals surface area (Å²) in [5.74, 6) is 0.364. The Kier molecular flexibility index (Phi) is 4.23. The fourth-order valence-corrected chi connectivity index (χ4v) is 1.82. The Bertz CT molecular complexity index is 405. The number of benzene rings is 1. The summed E-state index contributed by atoms with van der Waals surface area (Å²) in [5.41, 5.74) is 0. The Morgan fingerprint density at radius 3 is 2.21 bits per heavy atom. The molecule has 0 spiro atoms. The Balaban J connectivity index is 2.08. The smallest absolute Gasteiger partial charge is 0.229 e. The van der Waals surface area contributed by atoms with Crippen molar-refractivity contribution >= 4 is 0 Å². The summed E-state index contributed by atoms with van der Waals surface area (Å²) in [6.45, 7) is -0.514. The minimum atomic E-state index is -1.48. The summed E-state index contributed by atoms with van der Waals surface area (Å²) in [6.07, 6.45) is -6.58. The second-order valence-electron chi connectivity index (χ2n) is 4.31. The second-order valence-corrected chi connectivity index (χ2v) is 4.31. The molecule has 0 radical (unpaired) electrons. The van der Waals surface area contributed by atoms with Gasteiger partial charge in [0.1, 0.15) is 35.9 Å². The Morgan fingerprint density at radius 1 is 1.00 bits per heavy atom. The van der Waals surface area contributed by atoms with Gasteiger partial charge in [0, 0.05) is 0 Å². The van der Waals surface area contributed by atoms with Crippen LogP contribution in [0, 0.1) is 0 Å². The van der Waals surface area contributed by atoms with Crippen LogP contribution in [0.15, 0.2) is 24.3 Å². The first-order valence-corrected chi connectivity index (χ1v) is 5.79. The third-order valence-electron chi connectivity index (χ3n) is 2.94. The molecule has 7 nitrogen and oxygen atoms in total. The number of phenols is 1. The Morgan fingerprint density at radius 2 is 1.63 bits per heavy atom. The third-order valence-corrected chi connectivity index (χ3v) is 2.94. The molecule has 7 heteroatoms. The first-order valence-electron chi connectivity index (χ1n) is 5.79. The topological polar surface area (TPSA) is 120 Å². The van der Waals surface area contributed by atoms with E-state index in [2.05, 4.69) is 0 Å². The zero-order valence-corrected chi connectivity index (χ0v) is 9.96. The highest BCUT2D eigenvalue weighted by Gasteiger charge is 2.44. The molecule has 1 aromatic rings. The predicted octanol–water partition coefficient (Wildman–Crippen LogP) is -1.43. The average Bonchev–Trinajstić information content (AvgIpc) is 2.42. The van der Waals surface area contributed by atoms with E-state index in [1.54, 1.807) is 0 Å². The van der Waals surface area contributed by atoms with E-state index in [1.165, 1.54) is 24.3 Å². The molecule has 1 heterocycles. The van der Waals surface area contributed by atoms with Crippen molar-refractivity contribution in [2.24, 2.45) is 0 Å². The van der Waals surface area contributed by atoms with E-state index < -0.39 is 37.3 Å². The quantitative estimate of drug-likeness (QED) is 0.457. The molecule has 1 saturated heterocycles. The molecule has 0 saturated carbocycles. The van der Waals surface area contributed by atoms with Gasteiger partial charge in [0.15, 0.2) is 0 Å². The minimum absolute atomic E-state index is 0.0566. The maximum atomic E-state index is 9.75. The monoisotopic (exact) mass is 272 g/mol. The minimum Gasteiger partial charge on any atom is -0.508 e. The first kappa shape index (κ1) is 14.0. The largest absolute Gasteiger partial charge is 0.508 e. The van der Waals surface area contributed by atoms with Crippen molar-refractivity contribution in [2.45, 2.75) is 30.7 Å². The summed E-state index contributed by atoms with van der Waals surface area (Å²) < 4.78 is 10.5. The van der Waals surface area contributed by atoms with Crippen LogP contribution in [0.25, 0.3) is 0 Å². The number of phenolic OH excluding ortho intramolecular Hbond substituents is 1. The third kappa shape index (κ3) is 2.96. The van der Waals surface area contributed by atoms with Gasteiger partial charge in [-0.1, -0.05) is 0 Å². The molecular weight excluding hydrogens is 256 g/mol. The van der Waals surface area contributed by atoms with E-state index >= 15 is 0 Å². The first-order chi connectivity index (χ1) is 9.02. The highest BCUT2D eigenvalue weighted by molar-refractivity contribution is 5.30. The zero-order chi connectivity index (χ0) is 14.0. The lowest BCUT2D eigenvalue weighted by Gasteiger charge is -2.39. The number of hydrogen-bond donors (Lipinski definition) is 5. The molecule has 5 atom stereocenters. The highest BCUT2D eigenvalue weighted by atomic mass is 16.7. The Hall–Kier alpha value is -1.38. The number of aromatic hydroxyl groups is 1. The van der Waals surface area contributed by atoms with E-state index in [4.69, 9.17) is 19.7 Å². The van der Waals surface area contributed by atoms with Crippen LogP contribution in [0.4, 0.5) is 0 Å². The SMILES string of the molecule is OC[C@@H]1O[C@H](Oc2ccc(O)cc2)[C@@H](O)[C@H](O)[C@H]1O. The van der Waals surface area contributed by atoms with Gasteiger partial charge in [-0.25, -0.2) is 0 Å². The van der Waals surface area contributed by atoms with Crippen molar-refractivity contribution in [3.63, 3.8) is 0 Å². The predicted molar refractivity (Wildman–Crippen MR) is 62.5 cm³/mol. The van der Waals surface area contributed by atoms with Gasteiger partial charge >= 0.3 is 0 Å². The molecule has 0 aromatic heterocycles. The van der Waals surface area contributed by atoms with Crippen LogP contribution in [0.5, 0.6) is 11.5 Å². The van der Waals surface area contributed by atoms with E-state index in [0.29, 0.717) is 5.75 Å². The average molecular weight is 272 g/mol. The van der Waals surface area contributed by atoms with Crippen LogP contribution in [0.3, 0.4) is 0 Å². The molecule has 0 amide bonds. The zero-order valence-electron chi connectivity index (χ0n) is 9.96. The van der Waals surface area contributed by atoms with Gasteiger partial charge in [0.25, 0.3) is 0 Å². The summed E-state index contributed by atoms with van der Waals surface area (Å²) in [5, 5.41) is 47.1. The summed E-state index contributed by atoms with van der Waals surface area (Å²) in [7, 11) is 0. The lowest BCUT2D eigenvalue weighted by atomic mass is 9.99.